The lowest BCUT2D eigenvalue weighted by Gasteiger charge is -2.23. The van der Waals surface area contributed by atoms with Gasteiger partial charge in [-0.25, -0.2) is 9.97 Å². The van der Waals surface area contributed by atoms with E-state index >= 15 is 0 Å². The molecule has 3 aromatic rings. The Morgan fingerprint density at radius 3 is 2.46 bits per heavy atom. The van der Waals surface area contributed by atoms with Crippen LogP contribution in [0.1, 0.15) is 53.0 Å². The lowest BCUT2D eigenvalue weighted by Crippen LogP contribution is -2.52. The fraction of sp³-hybridized carbons (Fsp3) is 0.375. The lowest BCUT2D eigenvalue weighted by molar-refractivity contribution is -0.137. The summed E-state index contributed by atoms with van der Waals surface area (Å²) in [6.45, 7) is 1.47. The maximum atomic E-state index is 13.1. The van der Waals surface area contributed by atoms with Crippen LogP contribution in [0.15, 0.2) is 40.4 Å². The number of nitrogens with one attached hydrogen (secondary N) is 2. The van der Waals surface area contributed by atoms with Crippen molar-refractivity contribution >= 4 is 52.1 Å². The van der Waals surface area contributed by atoms with Crippen molar-refractivity contribution in [1.29, 1.82) is 0 Å². The van der Waals surface area contributed by atoms with Crippen molar-refractivity contribution in [2.45, 2.75) is 57.0 Å². The van der Waals surface area contributed by atoms with Crippen molar-refractivity contribution < 1.29 is 37.1 Å². The highest BCUT2D eigenvalue weighted by Crippen LogP contribution is 2.30. The summed E-state index contributed by atoms with van der Waals surface area (Å²) in [5.41, 5.74) is 0.358. The van der Waals surface area contributed by atoms with Gasteiger partial charge >= 0.3 is 6.18 Å². The predicted molar refractivity (Wildman–Crippen MR) is 138 cm³/mol. The van der Waals surface area contributed by atoms with Crippen LogP contribution >= 0.6 is 34.5 Å². The Kier molecular flexibility index (Phi) is 10.5. The molecule has 1 unspecified atom stereocenters. The molecule has 0 aliphatic carbocycles. The zero-order valence-corrected chi connectivity index (χ0v) is 22.6. The van der Waals surface area contributed by atoms with Crippen LogP contribution in [-0.2, 0) is 4.79 Å². The lowest BCUT2D eigenvalue weighted by atomic mass is 10.0. The van der Waals surface area contributed by atoms with Crippen LogP contribution in [-0.4, -0.2) is 57.0 Å². The number of carbonyl (C=O) groups excluding carboxylic acids is 3. The molecular weight excluding hydrogens is 584 g/mol. The second-order valence-corrected chi connectivity index (χ2v) is 10.3. The van der Waals surface area contributed by atoms with Gasteiger partial charge in [-0.15, -0.1) is 11.3 Å². The van der Waals surface area contributed by atoms with Crippen LogP contribution < -0.4 is 10.6 Å². The van der Waals surface area contributed by atoms with Crippen LogP contribution in [0.2, 0.25) is 10.0 Å². The minimum Gasteiger partial charge on any atom is -0.431 e. The number of rotatable bonds is 12. The van der Waals surface area contributed by atoms with E-state index in [1.807, 2.05) is 0 Å². The summed E-state index contributed by atoms with van der Waals surface area (Å²) in [7, 11) is 0. The minimum absolute atomic E-state index is 0.00746. The molecule has 2 aromatic heterocycles. The van der Waals surface area contributed by atoms with Gasteiger partial charge in [0.25, 0.3) is 5.91 Å². The normalized spacial score (nSPS) is 13.9. The predicted octanol–water partition coefficient (Wildman–Crippen LogP) is 5.07. The fourth-order valence-corrected chi connectivity index (χ4v) is 4.54. The van der Waals surface area contributed by atoms with Crippen LogP contribution in [0.25, 0.3) is 11.5 Å². The topological polar surface area (TPSA) is 134 Å². The Hall–Kier alpha value is -3.00. The first-order valence-corrected chi connectivity index (χ1v) is 13.2. The summed E-state index contributed by atoms with van der Waals surface area (Å²) >= 11 is 13.0. The number of oxazole rings is 1. The third-order valence-electron chi connectivity index (χ3n) is 5.38. The molecule has 15 heteroatoms. The van der Waals surface area contributed by atoms with Crippen molar-refractivity contribution in [2.24, 2.45) is 0 Å². The average Bonchev–Trinajstić information content (AvgIpc) is 3.56. The van der Waals surface area contributed by atoms with Gasteiger partial charge in [-0.2, -0.15) is 13.2 Å². The number of ketones is 1. The Morgan fingerprint density at radius 2 is 1.85 bits per heavy atom. The number of halogens is 5. The molecule has 9 nitrogen and oxygen atoms in total. The number of carbonyl (C=O) groups is 3. The van der Waals surface area contributed by atoms with Crippen molar-refractivity contribution in [3.63, 3.8) is 0 Å². The summed E-state index contributed by atoms with van der Waals surface area (Å²) in [5.74, 6) is -2.83. The molecule has 210 valence electrons. The molecule has 0 radical (unpaired) electrons. The molecule has 0 saturated heterocycles. The average molecular weight is 607 g/mol. The molecule has 0 fully saturated rings. The highest BCUT2D eigenvalue weighted by Gasteiger charge is 2.34. The van der Waals surface area contributed by atoms with E-state index in [0.29, 0.717) is 10.6 Å². The number of thiazole rings is 1. The van der Waals surface area contributed by atoms with E-state index in [4.69, 9.17) is 27.6 Å². The Balaban J connectivity index is 1.77. The fourth-order valence-electron chi connectivity index (χ4n) is 3.42. The first kappa shape index (κ1) is 30.5. The quantitative estimate of drug-likeness (QED) is 0.245. The summed E-state index contributed by atoms with van der Waals surface area (Å²) in [6, 6.07) is 1.68. The molecule has 2 amide bonds. The second kappa shape index (κ2) is 13.4. The largest absolute Gasteiger partial charge is 0.431 e. The zero-order chi connectivity index (χ0) is 28.7. The molecule has 2 heterocycles. The molecule has 39 heavy (non-hydrogen) atoms. The van der Waals surface area contributed by atoms with Gasteiger partial charge in [0.2, 0.25) is 23.3 Å². The van der Waals surface area contributed by atoms with E-state index in [0.717, 1.165) is 17.5 Å². The molecular formula is C24H23Cl2F3N4O5S. The van der Waals surface area contributed by atoms with Gasteiger partial charge < -0.3 is 20.2 Å². The van der Waals surface area contributed by atoms with Crippen molar-refractivity contribution in [3.8, 4) is 11.5 Å². The Bertz CT molecular complexity index is 1300. The van der Waals surface area contributed by atoms with Gasteiger partial charge in [-0.1, -0.05) is 23.2 Å². The SMILES string of the molecule is CC(O)CC[C@H](NC(=O)c1cnc(-c2ccc(Cl)cc2Cl)o1)C(=O)N[C@@H](CCC(F)(F)F)C(=O)c1nccs1. The van der Waals surface area contributed by atoms with Gasteiger partial charge in [0.05, 0.1) is 28.9 Å². The summed E-state index contributed by atoms with van der Waals surface area (Å²) in [6.07, 6.45) is -5.06. The van der Waals surface area contributed by atoms with E-state index in [9.17, 15) is 32.7 Å². The van der Waals surface area contributed by atoms with Gasteiger partial charge in [-0.05, 0) is 44.4 Å². The van der Waals surface area contributed by atoms with Crippen molar-refractivity contribution in [1.82, 2.24) is 20.6 Å². The number of hydrogen-bond acceptors (Lipinski definition) is 8. The monoisotopic (exact) mass is 606 g/mol. The van der Waals surface area contributed by atoms with E-state index in [2.05, 4.69) is 20.6 Å². The van der Waals surface area contributed by atoms with Crippen molar-refractivity contribution in [2.75, 3.05) is 0 Å². The van der Waals surface area contributed by atoms with E-state index in [1.165, 1.54) is 30.6 Å². The molecule has 1 aromatic carbocycles. The van der Waals surface area contributed by atoms with Crippen LogP contribution in [0.3, 0.4) is 0 Å². The zero-order valence-electron chi connectivity index (χ0n) is 20.3. The van der Waals surface area contributed by atoms with Crippen LogP contribution in [0.4, 0.5) is 13.2 Å². The third kappa shape index (κ3) is 9.02. The first-order chi connectivity index (χ1) is 18.3. The number of Topliss-reactive ketones (excluding diaryl/α,β-unsaturated/α-hetero) is 1. The van der Waals surface area contributed by atoms with Gasteiger partial charge in [-0.3, -0.25) is 14.4 Å². The highest BCUT2D eigenvalue weighted by molar-refractivity contribution is 7.11. The Labute approximate surface area is 234 Å². The van der Waals surface area contributed by atoms with Crippen LogP contribution in [0, 0.1) is 0 Å². The molecule has 0 spiro atoms. The number of aliphatic hydroxyl groups excluding tert-OH is 1. The highest BCUT2D eigenvalue weighted by atomic mass is 35.5. The van der Waals surface area contributed by atoms with Crippen LogP contribution in [0.5, 0.6) is 0 Å². The van der Waals surface area contributed by atoms with Gasteiger partial charge in [0.1, 0.15) is 6.04 Å². The second-order valence-electron chi connectivity index (χ2n) is 8.52. The first-order valence-electron chi connectivity index (χ1n) is 11.5. The summed E-state index contributed by atoms with van der Waals surface area (Å²) < 4.78 is 44.2. The number of aliphatic hydroxyl groups is 1. The maximum Gasteiger partial charge on any atom is 0.389 e. The van der Waals surface area contributed by atoms with Gasteiger partial charge in [0.15, 0.2) is 5.01 Å². The molecule has 0 saturated carbocycles. The molecule has 3 rings (SSSR count). The summed E-state index contributed by atoms with van der Waals surface area (Å²) in [5, 5.41) is 16.4. The number of nitrogens with zero attached hydrogens (tertiary/aromatic N) is 2. The molecule has 0 aliphatic heterocycles. The number of benzene rings is 1. The molecule has 3 N–H and O–H groups in total. The standard InChI is InChI=1S/C24H23Cl2F3N4O5S/c1-12(34)2-5-17(20(36)32-16(6-7-24(27,28)29)19(35)23-30-8-9-39-23)33-21(37)18-11-31-22(38-18)14-4-3-13(25)10-15(14)26/h3-4,8-12,16-17,34H,2,5-7H2,1H3,(H,32,36)(H,33,37)/t12?,16-,17-/m0/s1. The van der Waals surface area contributed by atoms with E-state index < -0.39 is 54.8 Å². The smallest absolute Gasteiger partial charge is 0.389 e. The number of alkyl halides is 3. The minimum atomic E-state index is -4.57. The molecule has 3 atom stereocenters. The van der Waals surface area contributed by atoms with E-state index in [1.54, 1.807) is 6.07 Å². The third-order valence-corrected chi connectivity index (χ3v) is 6.71. The maximum absolute atomic E-state index is 13.1. The molecule has 0 bridgehead atoms. The van der Waals surface area contributed by atoms with Gasteiger partial charge in [0, 0.05) is 23.0 Å². The number of aromatic nitrogens is 2. The number of hydrogen-bond donors (Lipinski definition) is 3. The number of amides is 2. The summed E-state index contributed by atoms with van der Waals surface area (Å²) in [4.78, 5) is 46.6. The Morgan fingerprint density at radius 1 is 1.10 bits per heavy atom. The van der Waals surface area contributed by atoms with E-state index in [-0.39, 0.29) is 34.5 Å². The molecule has 0 aliphatic rings. The van der Waals surface area contributed by atoms with Crippen molar-refractivity contribution in [3.05, 3.63) is 56.8 Å².